The molecular weight excluding hydrogens is 170 g/mol. The molecule has 0 aromatic heterocycles. The Labute approximate surface area is 88.9 Å². The van der Waals surface area contributed by atoms with Gasteiger partial charge in [0.1, 0.15) is 0 Å². The van der Waals surface area contributed by atoms with Crippen LogP contribution in [-0.2, 0) is 0 Å². The first-order chi connectivity index (χ1) is 6.52. The molecule has 1 aliphatic carbocycles. The second-order valence-electron chi connectivity index (χ2n) is 6.40. The summed E-state index contributed by atoms with van der Waals surface area (Å²) in [6.07, 6.45) is 8.91. The highest BCUT2D eigenvalue weighted by Gasteiger charge is 2.41. The van der Waals surface area contributed by atoms with Gasteiger partial charge in [-0.2, -0.15) is 0 Å². The van der Waals surface area contributed by atoms with Gasteiger partial charge in [0.25, 0.3) is 0 Å². The van der Waals surface area contributed by atoms with Crippen LogP contribution in [0.1, 0.15) is 59.3 Å². The number of hydrogen-bond acceptors (Lipinski definition) is 1. The summed E-state index contributed by atoms with van der Waals surface area (Å²) >= 11 is 0. The van der Waals surface area contributed by atoms with Gasteiger partial charge in [0.15, 0.2) is 0 Å². The fourth-order valence-electron chi connectivity index (χ4n) is 3.22. The Morgan fingerprint density at radius 1 is 0.929 bits per heavy atom. The lowest BCUT2D eigenvalue weighted by molar-refractivity contribution is 0.127. The van der Waals surface area contributed by atoms with Gasteiger partial charge in [0, 0.05) is 12.1 Å². The molecule has 1 heterocycles. The first kappa shape index (κ1) is 10.5. The maximum absolute atomic E-state index is 2.69. The van der Waals surface area contributed by atoms with Crippen LogP contribution in [-0.4, -0.2) is 23.5 Å². The highest BCUT2D eigenvalue weighted by Crippen LogP contribution is 2.45. The van der Waals surface area contributed by atoms with Crippen molar-refractivity contribution in [1.82, 2.24) is 4.90 Å². The molecule has 0 amide bonds. The Hall–Kier alpha value is -0.0400. The second-order valence-corrected chi connectivity index (χ2v) is 6.40. The van der Waals surface area contributed by atoms with Crippen LogP contribution in [0.25, 0.3) is 0 Å². The van der Waals surface area contributed by atoms with Crippen LogP contribution < -0.4 is 0 Å². The quantitative estimate of drug-likeness (QED) is 0.572. The van der Waals surface area contributed by atoms with E-state index in [4.69, 9.17) is 0 Å². The molecule has 1 aliphatic heterocycles. The molecule has 1 saturated carbocycles. The van der Waals surface area contributed by atoms with Gasteiger partial charge >= 0.3 is 0 Å². The van der Waals surface area contributed by atoms with Crippen molar-refractivity contribution >= 4 is 0 Å². The molecule has 2 aliphatic rings. The standard InChI is InChI=1S/C13H25N/c1-12(2,3)14-10-9-13(11-14)7-5-4-6-8-13/h4-11H2,1-3H3. The van der Waals surface area contributed by atoms with Gasteiger partial charge in [0.2, 0.25) is 0 Å². The summed E-state index contributed by atoms with van der Waals surface area (Å²) in [7, 11) is 0. The van der Waals surface area contributed by atoms with Crippen LogP contribution in [0.15, 0.2) is 0 Å². The molecule has 0 aromatic carbocycles. The Morgan fingerprint density at radius 2 is 1.57 bits per heavy atom. The first-order valence-electron chi connectivity index (χ1n) is 6.27. The van der Waals surface area contributed by atoms with E-state index in [1.54, 1.807) is 0 Å². The van der Waals surface area contributed by atoms with Crippen LogP contribution in [0.2, 0.25) is 0 Å². The van der Waals surface area contributed by atoms with Crippen LogP contribution in [0, 0.1) is 5.41 Å². The zero-order chi connectivity index (χ0) is 10.2. The van der Waals surface area contributed by atoms with Crippen molar-refractivity contribution in [3.05, 3.63) is 0 Å². The van der Waals surface area contributed by atoms with E-state index >= 15 is 0 Å². The Bertz CT molecular complexity index is 196. The molecule has 1 nitrogen and oxygen atoms in total. The molecule has 1 heteroatoms. The fraction of sp³-hybridized carbons (Fsp3) is 1.00. The molecule has 0 aromatic rings. The average Bonchev–Trinajstić information content (AvgIpc) is 2.50. The minimum Gasteiger partial charge on any atom is -0.298 e. The molecule has 2 rings (SSSR count). The van der Waals surface area contributed by atoms with Crippen LogP contribution in [0.3, 0.4) is 0 Å². The van der Waals surface area contributed by atoms with Crippen LogP contribution >= 0.6 is 0 Å². The molecule has 1 saturated heterocycles. The van der Waals surface area contributed by atoms with E-state index in [0.717, 1.165) is 5.41 Å². The topological polar surface area (TPSA) is 3.24 Å². The minimum atomic E-state index is 0.390. The third-order valence-corrected chi connectivity index (χ3v) is 4.30. The van der Waals surface area contributed by atoms with E-state index in [9.17, 15) is 0 Å². The Morgan fingerprint density at radius 3 is 2.07 bits per heavy atom. The van der Waals surface area contributed by atoms with Crippen molar-refractivity contribution in [2.45, 2.75) is 64.8 Å². The number of nitrogens with zero attached hydrogens (tertiary/aromatic N) is 1. The van der Waals surface area contributed by atoms with Gasteiger partial charge in [-0.15, -0.1) is 0 Å². The second kappa shape index (κ2) is 3.52. The molecule has 0 N–H and O–H groups in total. The van der Waals surface area contributed by atoms with Crippen molar-refractivity contribution in [2.24, 2.45) is 5.41 Å². The van der Waals surface area contributed by atoms with Gasteiger partial charge in [0.05, 0.1) is 0 Å². The predicted molar refractivity (Wildman–Crippen MR) is 61.5 cm³/mol. The van der Waals surface area contributed by atoms with E-state index in [-0.39, 0.29) is 0 Å². The molecule has 0 unspecified atom stereocenters. The summed E-state index contributed by atoms with van der Waals surface area (Å²) in [5.41, 5.74) is 1.12. The van der Waals surface area contributed by atoms with Gasteiger partial charge in [-0.1, -0.05) is 19.3 Å². The van der Waals surface area contributed by atoms with Crippen molar-refractivity contribution < 1.29 is 0 Å². The van der Waals surface area contributed by atoms with Gasteiger partial charge < -0.3 is 0 Å². The predicted octanol–water partition coefficient (Wildman–Crippen LogP) is 3.44. The summed E-state index contributed by atoms with van der Waals surface area (Å²) < 4.78 is 0. The highest BCUT2D eigenvalue weighted by atomic mass is 15.2. The lowest BCUT2D eigenvalue weighted by atomic mass is 9.73. The molecule has 1 spiro atoms. The van der Waals surface area contributed by atoms with Crippen molar-refractivity contribution in [1.29, 1.82) is 0 Å². The van der Waals surface area contributed by atoms with Gasteiger partial charge in [-0.3, -0.25) is 4.90 Å². The number of hydrogen-bond donors (Lipinski definition) is 0. The third-order valence-electron chi connectivity index (χ3n) is 4.30. The fourth-order valence-corrected chi connectivity index (χ4v) is 3.22. The maximum atomic E-state index is 2.69. The van der Waals surface area contributed by atoms with Gasteiger partial charge in [-0.05, 0) is 52.0 Å². The van der Waals surface area contributed by atoms with Crippen LogP contribution in [0.4, 0.5) is 0 Å². The Balaban J connectivity index is 1.99. The molecule has 82 valence electrons. The lowest BCUT2D eigenvalue weighted by Gasteiger charge is -2.37. The third kappa shape index (κ3) is 1.98. The van der Waals surface area contributed by atoms with E-state index in [0.29, 0.717) is 5.54 Å². The number of rotatable bonds is 0. The molecule has 14 heavy (non-hydrogen) atoms. The van der Waals surface area contributed by atoms with Crippen molar-refractivity contribution in [3.63, 3.8) is 0 Å². The van der Waals surface area contributed by atoms with E-state index in [1.165, 1.54) is 51.6 Å². The van der Waals surface area contributed by atoms with E-state index in [2.05, 4.69) is 25.7 Å². The molecule has 0 atom stereocenters. The first-order valence-corrected chi connectivity index (χ1v) is 6.27. The lowest BCUT2D eigenvalue weighted by Crippen LogP contribution is -2.41. The maximum Gasteiger partial charge on any atom is 0.0125 e. The van der Waals surface area contributed by atoms with Crippen molar-refractivity contribution in [3.8, 4) is 0 Å². The molecular formula is C13H25N. The summed E-state index contributed by atoms with van der Waals surface area (Å²) in [6, 6.07) is 0. The molecule has 2 fully saturated rings. The summed E-state index contributed by atoms with van der Waals surface area (Å²) in [4.78, 5) is 2.69. The van der Waals surface area contributed by atoms with Crippen LogP contribution in [0.5, 0.6) is 0 Å². The summed E-state index contributed by atoms with van der Waals surface area (Å²) in [5.74, 6) is 0. The largest absolute Gasteiger partial charge is 0.298 e. The average molecular weight is 195 g/mol. The minimum absolute atomic E-state index is 0.390. The summed E-state index contributed by atoms with van der Waals surface area (Å²) in [5, 5.41) is 0. The smallest absolute Gasteiger partial charge is 0.0125 e. The van der Waals surface area contributed by atoms with Crippen molar-refractivity contribution in [2.75, 3.05) is 13.1 Å². The van der Waals surface area contributed by atoms with E-state index < -0.39 is 0 Å². The zero-order valence-corrected chi connectivity index (χ0v) is 10.1. The zero-order valence-electron chi connectivity index (χ0n) is 10.1. The van der Waals surface area contributed by atoms with Gasteiger partial charge in [-0.25, -0.2) is 0 Å². The van der Waals surface area contributed by atoms with E-state index in [1.807, 2.05) is 0 Å². The monoisotopic (exact) mass is 195 g/mol. The Kier molecular flexibility index (Phi) is 2.63. The normalized spacial score (nSPS) is 28.5. The SMILES string of the molecule is CC(C)(C)N1CCC2(CCCCC2)C1. The molecule has 0 bridgehead atoms. The number of likely N-dealkylation sites (tertiary alicyclic amines) is 1. The molecule has 0 radical (unpaired) electrons. The highest BCUT2D eigenvalue weighted by molar-refractivity contribution is 4.95. The summed E-state index contributed by atoms with van der Waals surface area (Å²) in [6.45, 7) is 9.78.